The van der Waals surface area contributed by atoms with E-state index >= 15 is 0 Å². The number of hydrogen-bond donors (Lipinski definition) is 1. The summed E-state index contributed by atoms with van der Waals surface area (Å²) in [5.74, 6) is -0.158. The normalized spacial score (nSPS) is 23.3. The van der Waals surface area contributed by atoms with Crippen LogP contribution in [0.1, 0.15) is 44.9 Å². The highest BCUT2D eigenvalue weighted by Crippen LogP contribution is 2.33. The topological polar surface area (TPSA) is 60.9 Å². The first kappa shape index (κ1) is 17.0. The lowest BCUT2D eigenvalue weighted by molar-refractivity contribution is -0.142. The van der Waals surface area contributed by atoms with E-state index in [-0.39, 0.29) is 18.2 Å². The second kappa shape index (κ2) is 6.93. The Morgan fingerprint density at radius 3 is 2.58 bits per heavy atom. The molecule has 2 aliphatic rings. The first-order chi connectivity index (χ1) is 11.5. The van der Waals surface area contributed by atoms with Gasteiger partial charge >= 0.3 is 0 Å². The van der Waals surface area contributed by atoms with Gasteiger partial charge in [0.1, 0.15) is 6.04 Å². The minimum Gasteiger partial charge on any atom is -0.389 e. The highest BCUT2D eigenvalue weighted by molar-refractivity contribution is 5.99. The molecule has 1 heterocycles. The van der Waals surface area contributed by atoms with E-state index in [9.17, 15) is 14.7 Å². The number of anilines is 1. The minimum absolute atomic E-state index is 0.0262. The van der Waals surface area contributed by atoms with Crippen molar-refractivity contribution >= 4 is 17.5 Å². The zero-order valence-corrected chi connectivity index (χ0v) is 14.3. The molecule has 1 aliphatic heterocycles. The van der Waals surface area contributed by atoms with Gasteiger partial charge in [-0.05, 0) is 37.8 Å². The van der Waals surface area contributed by atoms with Crippen molar-refractivity contribution in [1.82, 2.24) is 4.90 Å². The van der Waals surface area contributed by atoms with Gasteiger partial charge in [-0.2, -0.15) is 0 Å². The van der Waals surface area contributed by atoms with Crippen LogP contribution in [0.25, 0.3) is 0 Å². The Kier molecular flexibility index (Phi) is 4.90. The van der Waals surface area contributed by atoms with Crippen molar-refractivity contribution in [3.63, 3.8) is 0 Å². The predicted molar refractivity (Wildman–Crippen MR) is 92.6 cm³/mol. The molecular formula is C19H26N2O3. The third-order valence-electron chi connectivity index (χ3n) is 5.35. The van der Waals surface area contributed by atoms with Gasteiger partial charge in [-0.1, -0.05) is 31.0 Å². The van der Waals surface area contributed by atoms with Crippen LogP contribution in [0.15, 0.2) is 30.3 Å². The standard InChI is InChI=1S/C19H26N2O3/c1-20(17(22)14-19(24)11-5-6-12-19)16-10-7-13-21(18(16)23)15-8-3-2-4-9-15/h2-4,8-9,16,24H,5-7,10-14H2,1H3. The van der Waals surface area contributed by atoms with Crippen molar-refractivity contribution in [2.45, 2.75) is 56.6 Å². The molecule has 2 fully saturated rings. The van der Waals surface area contributed by atoms with Crippen LogP contribution in [0, 0.1) is 0 Å². The molecule has 1 saturated heterocycles. The van der Waals surface area contributed by atoms with E-state index in [1.807, 2.05) is 30.3 Å². The minimum atomic E-state index is -0.873. The summed E-state index contributed by atoms with van der Waals surface area (Å²) in [6, 6.07) is 9.16. The molecular weight excluding hydrogens is 304 g/mol. The second-order valence-electron chi connectivity index (χ2n) is 7.10. The van der Waals surface area contributed by atoms with Crippen LogP contribution < -0.4 is 4.90 Å². The summed E-state index contributed by atoms with van der Waals surface area (Å²) in [4.78, 5) is 28.8. The van der Waals surface area contributed by atoms with E-state index in [1.165, 1.54) is 0 Å². The van der Waals surface area contributed by atoms with E-state index in [0.29, 0.717) is 25.8 Å². The Hall–Kier alpha value is -1.88. The fourth-order valence-electron chi connectivity index (χ4n) is 3.87. The molecule has 5 heteroatoms. The van der Waals surface area contributed by atoms with Gasteiger partial charge in [0.2, 0.25) is 11.8 Å². The summed E-state index contributed by atoms with van der Waals surface area (Å²) < 4.78 is 0. The smallest absolute Gasteiger partial charge is 0.249 e. The maximum atomic E-state index is 12.9. The summed E-state index contributed by atoms with van der Waals surface area (Å²) >= 11 is 0. The van der Waals surface area contributed by atoms with Crippen molar-refractivity contribution in [2.75, 3.05) is 18.5 Å². The summed E-state index contributed by atoms with van der Waals surface area (Å²) in [6.07, 6.45) is 4.98. The average Bonchev–Trinajstić information content (AvgIpc) is 3.01. The molecule has 1 aromatic rings. The molecule has 0 spiro atoms. The third kappa shape index (κ3) is 3.46. The third-order valence-corrected chi connectivity index (χ3v) is 5.35. The fraction of sp³-hybridized carbons (Fsp3) is 0.579. The summed E-state index contributed by atoms with van der Waals surface area (Å²) in [7, 11) is 1.69. The predicted octanol–water partition coefficient (Wildman–Crippen LogP) is 2.34. The lowest BCUT2D eigenvalue weighted by Crippen LogP contribution is -2.53. The molecule has 130 valence electrons. The molecule has 0 bridgehead atoms. The van der Waals surface area contributed by atoms with Crippen LogP contribution in [0.5, 0.6) is 0 Å². The van der Waals surface area contributed by atoms with Crippen LogP contribution in [0.3, 0.4) is 0 Å². The number of para-hydroxylation sites is 1. The number of amides is 2. The molecule has 1 aromatic carbocycles. The first-order valence-corrected chi connectivity index (χ1v) is 8.85. The van der Waals surface area contributed by atoms with Crippen LogP contribution in [0.2, 0.25) is 0 Å². The molecule has 1 atom stereocenters. The first-order valence-electron chi connectivity index (χ1n) is 8.85. The van der Waals surface area contributed by atoms with Gasteiger partial charge < -0.3 is 14.9 Å². The zero-order chi connectivity index (χ0) is 17.2. The van der Waals surface area contributed by atoms with Gasteiger partial charge in [0, 0.05) is 19.3 Å². The Labute approximate surface area is 143 Å². The van der Waals surface area contributed by atoms with Crippen molar-refractivity contribution in [1.29, 1.82) is 0 Å². The number of piperidine rings is 1. The van der Waals surface area contributed by atoms with Crippen molar-refractivity contribution in [3.05, 3.63) is 30.3 Å². The van der Waals surface area contributed by atoms with Gasteiger partial charge in [0.25, 0.3) is 0 Å². The van der Waals surface area contributed by atoms with Gasteiger partial charge in [0.05, 0.1) is 12.0 Å². The van der Waals surface area contributed by atoms with E-state index < -0.39 is 11.6 Å². The molecule has 5 nitrogen and oxygen atoms in total. The van der Waals surface area contributed by atoms with Gasteiger partial charge in [0.15, 0.2) is 0 Å². The Bertz CT molecular complexity index is 596. The van der Waals surface area contributed by atoms with E-state index in [2.05, 4.69) is 0 Å². The molecule has 0 radical (unpaired) electrons. The highest BCUT2D eigenvalue weighted by atomic mass is 16.3. The molecule has 2 amide bonds. The maximum Gasteiger partial charge on any atom is 0.249 e. The molecule has 1 N–H and O–H groups in total. The molecule has 1 saturated carbocycles. The van der Waals surface area contributed by atoms with Crippen LogP contribution >= 0.6 is 0 Å². The number of aliphatic hydroxyl groups is 1. The van der Waals surface area contributed by atoms with Crippen LogP contribution in [0.4, 0.5) is 5.69 Å². The van der Waals surface area contributed by atoms with Crippen molar-refractivity contribution < 1.29 is 14.7 Å². The van der Waals surface area contributed by atoms with E-state index in [1.54, 1.807) is 16.8 Å². The largest absolute Gasteiger partial charge is 0.389 e. The molecule has 3 rings (SSSR count). The number of hydrogen-bond acceptors (Lipinski definition) is 3. The lowest BCUT2D eigenvalue weighted by Gasteiger charge is -2.37. The van der Waals surface area contributed by atoms with Crippen molar-refractivity contribution in [3.8, 4) is 0 Å². The van der Waals surface area contributed by atoms with E-state index in [0.717, 1.165) is 24.9 Å². The maximum absolute atomic E-state index is 12.9. The highest BCUT2D eigenvalue weighted by Gasteiger charge is 2.38. The average molecular weight is 330 g/mol. The Balaban J connectivity index is 1.68. The number of rotatable bonds is 4. The van der Waals surface area contributed by atoms with Gasteiger partial charge in [-0.25, -0.2) is 0 Å². The molecule has 0 aromatic heterocycles. The van der Waals surface area contributed by atoms with Crippen LogP contribution in [-0.4, -0.2) is 47.1 Å². The fourth-order valence-corrected chi connectivity index (χ4v) is 3.87. The lowest BCUT2D eigenvalue weighted by atomic mass is 9.96. The quantitative estimate of drug-likeness (QED) is 0.922. The molecule has 1 unspecified atom stereocenters. The van der Waals surface area contributed by atoms with Gasteiger partial charge in [-0.3, -0.25) is 9.59 Å². The Morgan fingerprint density at radius 2 is 1.92 bits per heavy atom. The summed E-state index contributed by atoms with van der Waals surface area (Å²) in [6.45, 7) is 0.686. The summed E-state index contributed by atoms with van der Waals surface area (Å²) in [5.41, 5.74) is 0.00445. The summed E-state index contributed by atoms with van der Waals surface area (Å²) in [5, 5.41) is 10.5. The Morgan fingerprint density at radius 1 is 1.25 bits per heavy atom. The molecule has 24 heavy (non-hydrogen) atoms. The monoisotopic (exact) mass is 330 g/mol. The van der Waals surface area contributed by atoms with Gasteiger partial charge in [-0.15, -0.1) is 0 Å². The van der Waals surface area contributed by atoms with Crippen LogP contribution in [-0.2, 0) is 9.59 Å². The second-order valence-corrected chi connectivity index (χ2v) is 7.10. The number of likely N-dealkylation sites (N-methyl/N-ethyl adjacent to an activating group) is 1. The number of nitrogens with zero attached hydrogens (tertiary/aromatic N) is 2. The SMILES string of the molecule is CN(C(=O)CC1(O)CCCC1)C1CCCN(c2ccccc2)C1=O. The van der Waals surface area contributed by atoms with E-state index in [4.69, 9.17) is 0 Å². The van der Waals surface area contributed by atoms with Crippen molar-refractivity contribution in [2.24, 2.45) is 0 Å². The number of carbonyl (C=O) groups excluding carboxylic acids is 2. The molecule has 1 aliphatic carbocycles. The number of benzene rings is 1. The zero-order valence-electron chi connectivity index (χ0n) is 14.3. The number of carbonyl (C=O) groups is 2.